The van der Waals surface area contributed by atoms with E-state index in [2.05, 4.69) is 10.0 Å². The molecule has 0 unspecified atom stereocenters. The van der Waals surface area contributed by atoms with E-state index in [1.807, 2.05) is 0 Å². The van der Waals surface area contributed by atoms with Gasteiger partial charge in [0.05, 0.1) is 25.3 Å². The number of carbonyl (C=O) groups is 1. The highest BCUT2D eigenvalue weighted by Gasteiger charge is 2.40. The Bertz CT molecular complexity index is 319. The van der Waals surface area contributed by atoms with Gasteiger partial charge in [-0.05, 0) is 26.3 Å². The quantitative estimate of drug-likeness (QED) is 0.443. The number of azide groups is 1. The Hall–Kier alpha value is -1.46. The van der Waals surface area contributed by atoms with Gasteiger partial charge >= 0.3 is 6.09 Å². The van der Waals surface area contributed by atoms with E-state index in [4.69, 9.17) is 10.3 Å². The van der Waals surface area contributed by atoms with Gasteiger partial charge in [0.1, 0.15) is 0 Å². The lowest BCUT2D eigenvalue weighted by Crippen LogP contribution is -2.54. The molecule has 0 aromatic rings. The molecule has 0 aromatic heterocycles. The molecule has 2 atom stereocenters. The van der Waals surface area contributed by atoms with Crippen molar-refractivity contribution in [1.82, 2.24) is 4.90 Å². The fourth-order valence-electron chi connectivity index (χ4n) is 1.88. The highest BCUT2D eigenvalue weighted by atomic mass is 16.5. The van der Waals surface area contributed by atoms with Crippen LogP contribution in [0.5, 0.6) is 0 Å². The van der Waals surface area contributed by atoms with Crippen molar-refractivity contribution < 1.29 is 14.6 Å². The third-order valence-corrected chi connectivity index (χ3v) is 2.48. The molecule has 1 rings (SSSR count). The SMILES string of the molecule is CC(C)(C)N(C(=O)O)[C@H]1COC[C@H]1N=[N+]=[N-]. The molecule has 0 bridgehead atoms. The number of rotatable bonds is 2. The van der Waals surface area contributed by atoms with Gasteiger partial charge in [-0.2, -0.15) is 0 Å². The molecule has 0 aliphatic carbocycles. The molecule has 1 heterocycles. The average molecular weight is 228 g/mol. The zero-order valence-electron chi connectivity index (χ0n) is 9.62. The summed E-state index contributed by atoms with van der Waals surface area (Å²) in [5.74, 6) is 0. The van der Waals surface area contributed by atoms with Crippen LogP contribution in [0.25, 0.3) is 10.4 Å². The molecule has 1 saturated heterocycles. The summed E-state index contributed by atoms with van der Waals surface area (Å²) < 4.78 is 5.18. The zero-order chi connectivity index (χ0) is 12.3. The highest BCUT2D eigenvalue weighted by Crippen LogP contribution is 2.24. The van der Waals surface area contributed by atoms with E-state index in [1.54, 1.807) is 20.8 Å². The van der Waals surface area contributed by atoms with Crippen molar-refractivity contribution in [3.8, 4) is 0 Å². The van der Waals surface area contributed by atoms with Crippen molar-refractivity contribution >= 4 is 6.09 Å². The maximum absolute atomic E-state index is 11.2. The first-order valence-corrected chi connectivity index (χ1v) is 5.02. The molecule has 0 radical (unpaired) electrons. The van der Waals surface area contributed by atoms with E-state index in [9.17, 15) is 9.90 Å². The van der Waals surface area contributed by atoms with Gasteiger partial charge in [-0.25, -0.2) is 4.79 Å². The largest absolute Gasteiger partial charge is 0.465 e. The number of nitrogens with zero attached hydrogens (tertiary/aromatic N) is 4. The van der Waals surface area contributed by atoms with Gasteiger partial charge in [0.15, 0.2) is 0 Å². The fraction of sp³-hybridized carbons (Fsp3) is 0.889. The summed E-state index contributed by atoms with van der Waals surface area (Å²) in [5.41, 5.74) is 7.86. The summed E-state index contributed by atoms with van der Waals surface area (Å²) >= 11 is 0. The van der Waals surface area contributed by atoms with Crippen LogP contribution in [0.4, 0.5) is 4.79 Å². The standard InChI is InChI=1S/C9H16N4O3/c1-9(2,3)13(8(14)15)7-5-16-4-6(7)11-12-10/h6-7H,4-5H2,1-3H3,(H,14,15)/t6-,7+/m1/s1. The number of carboxylic acid groups (broad SMARTS) is 1. The summed E-state index contributed by atoms with van der Waals surface area (Å²) in [6.45, 7) is 5.94. The summed E-state index contributed by atoms with van der Waals surface area (Å²) in [7, 11) is 0. The van der Waals surface area contributed by atoms with Crippen LogP contribution < -0.4 is 0 Å². The molecule has 1 aliphatic heterocycles. The van der Waals surface area contributed by atoms with Crippen molar-refractivity contribution in [2.45, 2.75) is 38.4 Å². The van der Waals surface area contributed by atoms with E-state index < -0.39 is 23.7 Å². The second kappa shape index (κ2) is 4.59. The van der Waals surface area contributed by atoms with Crippen LogP contribution in [0, 0.1) is 0 Å². The number of amides is 1. The Labute approximate surface area is 93.6 Å². The third-order valence-electron chi connectivity index (χ3n) is 2.48. The van der Waals surface area contributed by atoms with Crippen LogP contribution in [0.2, 0.25) is 0 Å². The maximum atomic E-state index is 11.2. The molecule has 1 aliphatic rings. The monoisotopic (exact) mass is 228 g/mol. The van der Waals surface area contributed by atoms with Gasteiger partial charge < -0.3 is 9.84 Å². The molecule has 7 heteroatoms. The lowest BCUT2D eigenvalue weighted by molar-refractivity contribution is 0.0607. The topological polar surface area (TPSA) is 98.5 Å². The van der Waals surface area contributed by atoms with Crippen LogP contribution in [-0.2, 0) is 4.74 Å². The van der Waals surface area contributed by atoms with Crippen molar-refractivity contribution in [1.29, 1.82) is 0 Å². The minimum atomic E-state index is -1.03. The van der Waals surface area contributed by atoms with E-state index >= 15 is 0 Å². The molecular weight excluding hydrogens is 212 g/mol. The van der Waals surface area contributed by atoms with Gasteiger partial charge in [0.25, 0.3) is 0 Å². The van der Waals surface area contributed by atoms with Gasteiger partial charge in [-0.15, -0.1) is 0 Å². The number of ether oxygens (including phenoxy) is 1. The Balaban J connectivity index is 2.94. The lowest BCUT2D eigenvalue weighted by Gasteiger charge is -2.38. The van der Waals surface area contributed by atoms with Crippen LogP contribution in [-0.4, -0.2) is 46.9 Å². The summed E-state index contributed by atoms with van der Waals surface area (Å²) in [6, 6.07) is -0.853. The van der Waals surface area contributed by atoms with E-state index in [-0.39, 0.29) is 13.2 Å². The molecule has 1 N–H and O–H groups in total. The summed E-state index contributed by atoms with van der Waals surface area (Å²) in [6.07, 6.45) is -1.03. The normalized spacial score (nSPS) is 24.9. The molecule has 0 saturated carbocycles. The molecule has 90 valence electrons. The number of hydrogen-bond acceptors (Lipinski definition) is 3. The predicted molar refractivity (Wildman–Crippen MR) is 57.2 cm³/mol. The molecule has 16 heavy (non-hydrogen) atoms. The molecule has 7 nitrogen and oxygen atoms in total. The average Bonchev–Trinajstić information content (AvgIpc) is 2.50. The van der Waals surface area contributed by atoms with E-state index in [0.29, 0.717) is 0 Å². The second-order valence-electron chi connectivity index (χ2n) is 4.70. The lowest BCUT2D eigenvalue weighted by atomic mass is 10.0. The molecule has 0 spiro atoms. The molecule has 0 aromatic carbocycles. The first-order valence-electron chi connectivity index (χ1n) is 5.02. The zero-order valence-corrected chi connectivity index (χ0v) is 9.62. The van der Waals surface area contributed by atoms with Crippen molar-refractivity contribution in [3.63, 3.8) is 0 Å². The van der Waals surface area contributed by atoms with Crippen molar-refractivity contribution in [2.75, 3.05) is 13.2 Å². The van der Waals surface area contributed by atoms with Gasteiger partial charge in [0, 0.05) is 10.5 Å². The highest BCUT2D eigenvalue weighted by molar-refractivity contribution is 5.66. The Morgan fingerprint density at radius 1 is 1.56 bits per heavy atom. The summed E-state index contributed by atoms with van der Waals surface area (Å²) in [5, 5.41) is 12.8. The number of hydrogen-bond donors (Lipinski definition) is 1. The first kappa shape index (κ1) is 12.6. The minimum absolute atomic E-state index is 0.271. The van der Waals surface area contributed by atoms with E-state index in [1.165, 1.54) is 4.90 Å². The Kier molecular flexibility index (Phi) is 3.62. The summed E-state index contributed by atoms with van der Waals surface area (Å²) in [4.78, 5) is 15.2. The smallest absolute Gasteiger partial charge is 0.408 e. The third kappa shape index (κ3) is 2.56. The van der Waals surface area contributed by atoms with Gasteiger partial charge in [0.2, 0.25) is 0 Å². The van der Waals surface area contributed by atoms with Crippen LogP contribution >= 0.6 is 0 Å². The minimum Gasteiger partial charge on any atom is -0.465 e. The Morgan fingerprint density at radius 3 is 2.62 bits per heavy atom. The van der Waals surface area contributed by atoms with Gasteiger partial charge in [-0.1, -0.05) is 5.11 Å². The van der Waals surface area contributed by atoms with Crippen molar-refractivity contribution in [3.05, 3.63) is 10.4 Å². The van der Waals surface area contributed by atoms with Crippen LogP contribution in [0.1, 0.15) is 20.8 Å². The van der Waals surface area contributed by atoms with E-state index in [0.717, 1.165) is 0 Å². The fourth-order valence-corrected chi connectivity index (χ4v) is 1.88. The van der Waals surface area contributed by atoms with Gasteiger partial charge in [-0.3, -0.25) is 4.90 Å². The molecule has 1 amide bonds. The van der Waals surface area contributed by atoms with Crippen LogP contribution in [0.15, 0.2) is 5.11 Å². The van der Waals surface area contributed by atoms with Crippen molar-refractivity contribution in [2.24, 2.45) is 5.11 Å². The second-order valence-corrected chi connectivity index (χ2v) is 4.70. The Morgan fingerprint density at radius 2 is 2.19 bits per heavy atom. The molecular formula is C9H16N4O3. The van der Waals surface area contributed by atoms with Crippen LogP contribution in [0.3, 0.4) is 0 Å². The predicted octanol–water partition coefficient (Wildman–Crippen LogP) is 1.84. The molecule has 1 fully saturated rings. The maximum Gasteiger partial charge on any atom is 0.408 e. The first-order chi connectivity index (χ1) is 7.38.